The van der Waals surface area contributed by atoms with E-state index in [1.165, 1.54) is 16.9 Å². The summed E-state index contributed by atoms with van der Waals surface area (Å²) in [5, 5.41) is 24.3. The quantitative estimate of drug-likeness (QED) is 0.359. The lowest BCUT2D eigenvalue weighted by Crippen LogP contribution is -2.80. The Morgan fingerprint density at radius 3 is 2.85 bits per heavy atom. The third-order valence-corrected chi connectivity index (χ3v) is 3.54. The fourth-order valence-electron chi connectivity index (χ4n) is 2.20. The van der Waals surface area contributed by atoms with Crippen molar-refractivity contribution < 1.29 is 24.4 Å². The van der Waals surface area contributed by atoms with Crippen LogP contribution in [0.2, 0.25) is 0 Å². The molecule has 0 aliphatic heterocycles. The van der Waals surface area contributed by atoms with E-state index < -0.39 is 24.1 Å². The van der Waals surface area contributed by atoms with E-state index in [0.29, 0.717) is 23.5 Å². The maximum Gasteiger partial charge on any atom is 0.343 e. The molecule has 0 saturated heterocycles. The Morgan fingerprint density at radius 2 is 2.27 bits per heavy atom. The van der Waals surface area contributed by atoms with Crippen molar-refractivity contribution >= 4 is 35.4 Å². The van der Waals surface area contributed by atoms with Crippen LogP contribution in [-0.2, 0) is 9.59 Å². The van der Waals surface area contributed by atoms with Crippen LogP contribution in [0.15, 0.2) is 29.6 Å². The zero-order valence-corrected chi connectivity index (χ0v) is 14.2. The van der Waals surface area contributed by atoms with Crippen molar-refractivity contribution in [3.05, 3.63) is 29.6 Å². The molecule has 1 amide bonds. The number of hydrogen-bond donors (Lipinski definition) is 4. The maximum absolute atomic E-state index is 12.4. The lowest BCUT2D eigenvalue weighted by molar-refractivity contribution is -0.570. The largest absolute Gasteiger partial charge is 0.477 e. The summed E-state index contributed by atoms with van der Waals surface area (Å²) < 4.78 is 13.9. The van der Waals surface area contributed by atoms with Gasteiger partial charge in [-0.05, 0) is 6.07 Å². The number of nitrogens with zero attached hydrogens (tertiary/aromatic N) is 4. The lowest BCUT2D eigenvalue weighted by atomic mass is 10.2. The number of hydrogen-bond acceptors (Lipinski definition) is 6. The molecule has 0 aliphatic carbocycles. The van der Waals surface area contributed by atoms with Gasteiger partial charge in [-0.1, -0.05) is 0 Å². The predicted octanol–water partition coefficient (Wildman–Crippen LogP) is -0.745. The molecule has 138 valence electrons. The summed E-state index contributed by atoms with van der Waals surface area (Å²) >= 11 is 0. The number of pyridine rings is 1. The normalized spacial score (nSPS) is 11.8. The van der Waals surface area contributed by atoms with Gasteiger partial charge in [0.1, 0.15) is 12.2 Å². The van der Waals surface area contributed by atoms with E-state index in [9.17, 15) is 14.0 Å². The Kier molecular flexibility index (Phi) is 5.96. The van der Waals surface area contributed by atoms with Crippen LogP contribution in [0, 0.1) is 5.41 Å². The standard InChI is InChI=1S/C15H18FN7O3/c1-18-12(10(8-17)14(25)26)13(24)19-9-3-5-23-11(7-9)20-15(21-23)22(2)6-4-16/h3,5,7-8,17-18H,4,6H2,1-2H3,(H,19,24)(H,25,26)/p+1. The van der Waals surface area contributed by atoms with Gasteiger partial charge in [0.05, 0.1) is 7.05 Å². The molecule has 0 spiro atoms. The zero-order valence-electron chi connectivity index (χ0n) is 14.2. The average molecular weight is 364 g/mol. The molecule has 5 N–H and O–H groups in total. The Bertz CT molecular complexity index is 877. The lowest BCUT2D eigenvalue weighted by Gasteiger charge is -2.10. The van der Waals surface area contributed by atoms with Gasteiger partial charge < -0.3 is 26.0 Å². The second kappa shape index (κ2) is 8.16. The van der Waals surface area contributed by atoms with Gasteiger partial charge >= 0.3 is 11.9 Å². The van der Waals surface area contributed by atoms with Crippen molar-refractivity contribution in [1.82, 2.24) is 14.6 Å². The van der Waals surface area contributed by atoms with E-state index in [1.807, 2.05) is 0 Å². The fraction of sp³-hybridized carbons (Fsp3) is 0.267. The third kappa shape index (κ3) is 4.00. The number of amides is 1. The first-order valence-corrected chi connectivity index (χ1v) is 7.63. The first-order chi connectivity index (χ1) is 12.4. The molecule has 0 aromatic carbocycles. The fourth-order valence-corrected chi connectivity index (χ4v) is 2.20. The van der Waals surface area contributed by atoms with E-state index in [4.69, 9.17) is 10.5 Å². The summed E-state index contributed by atoms with van der Waals surface area (Å²) in [5.74, 6) is -1.69. The molecule has 26 heavy (non-hydrogen) atoms. The van der Waals surface area contributed by atoms with Gasteiger partial charge in [-0.15, -0.1) is 5.10 Å². The van der Waals surface area contributed by atoms with E-state index in [2.05, 4.69) is 15.4 Å². The molecule has 2 heterocycles. The Balaban J connectivity index is 2.29. The molecule has 0 atom stereocenters. The molecule has 11 heteroatoms. The second-order valence-corrected chi connectivity index (χ2v) is 5.26. The minimum atomic E-state index is -1.36. The van der Waals surface area contributed by atoms with Crippen LogP contribution in [0.5, 0.6) is 0 Å². The monoisotopic (exact) mass is 364 g/mol. The maximum atomic E-state index is 12.4. The van der Waals surface area contributed by atoms with Crippen molar-refractivity contribution in [2.75, 3.05) is 37.5 Å². The Hall–Kier alpha value is -3.34. The number of carboxylic acid groups (broad SMARTS) is 1. The first-order valence-electron chi connectivity index (χ1n) is 7.63. The average Bonchev–Trinajstić information content (AvgIpc) is 3.02. The number of aromatic nitrogens is 3. The molecule has 0 saturated carbocycles. The van der Waals surface area contributed by atoms with Gasteiger partial charge in [-0.2, -0.15) is 4.98 Å². The number of alkyl halides is 1. The molecule has 0 bridgehead atoms. The van der Waals surface area contributed by atoms with Gasteiger partial charge in [0.2, 0.25) is 11.6 Å². The summed E-state index contributed by atoms with van der Waals surface area (Å²) in [5.41, 5.74) is 0.268. The summed E-state index contributed by atoms with van der Waals surface area (Å²) in [4.78, 5) is 29.3. The smallest absolute Gasteiger partial charge is 0.343 e. The highest BCUT2D eigenvalue weighted by atomic mass is 19.1. The number of carbonyl (C=O) groups excluding carboxylic acids is 1. The van der Waals surface area contributed by atoms with Crippen LogP contribution in [0.1, 0.15) is 0 Å². The van der Waals surface area contributed by atoms with Crippen LogP contribution < -0.4 is 15.5 Å². The highest BCUT2D eigenvalue weighted by Gasteiger charge is 2.22. The summed E-state index contributed by atoms with van der Waals surface area (Å²) in [7, 11) is 3.17. The van der Waals surface area contributed by atoms with Crippen LogP contribution in [0.4, 0.5) is 16.0 Å². The number of carbonyl (C=O) groups is 2. The number of carboxylic acids is 1. The van der Waals surface area contributed by atoms with E-state index in [-0.39, 0.29) is 12.2 Å². The number of fused-ring (bicyclic) bond motifs is 1. The summed E-state index contributed by atoms with van der Waals surface area (Å²) in [6.45, 7) is -0.378. The van der Waals surface area contributed by atoms with Crippen molar-refractivity contribution in [3.8, 4) is 0 Å². The van der Waals surface area contributed by atoms with Crippen LogP contribution in [0.3, 0.4) is 0 Å². The van der Waals surface area contributed by atoms with Gasteiger partial charge in [-0.25, -0.2) is 13.7 Å². The second-order valence-electron chi connectivity index (χ2n) is 5.26. The zero-order chi connectivity index (χ0) is 19.3. The molecule has 2 aromatic rings. The Morgan fingerprint density at radius 1 is 1.54 bits per heavy atom. The van der Waals surface area contributed by atoms with E-state index >= 15 is 0 Å². The number of nitrogens with two attached hydrogens (primary N) is 1. The number of aliphatic carboxylic acids is 1. The third-order valence-electron chi connectivity index (χ3n) is 3.54. The SMILES string of the molecule is C[NH2+]C(C(=O)Nc1ccn2nc(N(C)CCF)nc2c1)=C(C=N)C(=O)O. The van der Waals surface area contributed by atoms with Crippen molar-refractivity contribution in [1.29, 1.82) is 5.41 Å². The number of quaternary nitrogens is 1. The molecule has 0 aliphatic rings. The van der Waals surface area contributed by atoms with Gasteiger partial charge in [-0.3, -0.25) is 4.79 Å². The van der Waals surface area contributed by atoms with E-state index in [0.717, 1.165) is 0 Å². The Labute approximate surface area is 147 Å². The molecule has 0 unspecified atom stereocenters. The summed E-state index contributed by atoms with van der Waals surface area (Å²) in [6.07, 6.45) is 2.18. The number of nitrogens with one attached hydrogen (secondary N) is 2. The molecular formula is C15H19FN7O3+. The summed E-state index contributed by atoms with van der Waals surface area (Å²) in [6, 6.07) is 3.12. The molecule has 0 fully saturated rings. The molecule has 0 radical (unpaired) electrons. The van der Waals surface area contributed by atoms with Crippen LogP contribution in [0.25, 0.3) is 5.65 Å². The van der Waals surface area contributed by atoms with Crippen molar-refractivity contribution in [3.63, 3.8) is 0 Å². The van der Waals surface area contributed by atoms with Crippen LogP contribution in [-0.4, -0.2) is 65.1 Å². The van der Waals surface area contributed by atoms with Crippen molar-refractivity contribution in [2.45, 2.75) is 0 Å². The molecule has 10 nitrogen and oxygen atoms in total. The van der Waals surface area contributed by atoms with Gasteiger partial charge in [0.15, 0.2) is 5.65 Å². The minimum absolute atomic E-state index is 0.128. The predicted molar refractivity (Wildman–Crippen MR) is 92.2 cm³/mol. The van der Waals surface area contributed by atoms with Crippen molar-refractivity contribution in [2.24, 2.45) is 0 Å². The van der Waals surface area contributed by atoms with Crippen LogP contribution >= 0.6 is 0 Å². The number of halogens is 1. The van der Waals surface area contributed by atoms with Gasteiger partial charge in [0, 0.05) is 37.8 Å². The molecular weight excluding hydrogens is 345 g/mol. The minimum Gasteiger partial charge on any atom is -0.477 e. The first kappa shape index (κ1) is 19.0. The topological polar surface area (TPSA) is 140 Å². The van der Waals surface area contributed by atoms with E-state index in [1.54, 1.807) is 30.3 Å². The number of rotatable bonds is 8. The highest BCUT2D eigenvalue weighted by Crippen LogP contribution is 2.14. The van der Waals surface area contributed by atoms with Gasteiger partial charge in [0.25, 0.3) is 0 Å². The number of anilines is 2. The molecule has 2 aromatic heterocycles. The number of likely N-dealkylation sites (N-methyl/N-ethyl adjacent to an activating group) is 1. The highest BCUT2D eigenvalue weighted by molar-refractivity contribution is 6.16. The molecule has 2 rings (SSSR count).